The minimum Gasteiger partial charge on any atom is -0.383 e. The van der Waals surface area contributed by atoms with E-state index in [9.17, 15) is 0 Å². The molecule has 0 aliphatic heterocycles. The molecule has 0 aromatic heterocycles. The summed E-state index contributed by atoms with van der Waals surface area (Å²) in [5, 5.41) is 3.54. The molecule has 1 aromatic rings. The number of hydrogen-bond donors (Lipinski definition) is 1. The largest absolute Gasteiger partial charge is 0.383 e. The fourth-order valence-electron chi connectivity index (χ4n) is 4.03. The molecule has 2 aliphatic rings. The fourth-order valence-corrected chi connectivity index (χ4v) is 4.03. The second kappa shape index (κ2) is 6.28. The molecule has 0 bridgehead atoms. The van der Waals surface area contributed by atoms with Crippen LogP contribution in [0.4, 0.5) is 0 Å². The zero-order valence-corrected chi connectivity index (χ0v) is 12.6. The third-order valence-electron chi connectivity index (χ3n) is 5.48. The Kier molecular flexibility index (Phi) is 4.42. The molecule has 0 amide bonds. The predicted octanol–water partition coefficient (Wildman–Crippen LogP) is 3.59. The first-order valence-electron chi connectivity index (χ1n) is 8.09. The van der Waals surface area contributed by atoms with Gasteiger partial charge in [0, 0.05) is 13.7 Å². The molecule has 1 aromatic carbocycles. The lowest BCUT2D eigenvalue weighted by Crippen LogP contribution is -2.25. The van der Waals surface area contributed by atoms with Crippen molar-refractivity contribution in [3.63, 3.8) is 0 Å². The Morgan fingerprint density at radius 2 is 1.95 bits per heavy atom. The van der Waals surface area contributed by atoms with Gasteiger partial charge in [0.25, 0.3) is 0 Å². The van der Waals surface area contributed by atoms with Crippen molar-refractivity contribution in [1.82, 2.24) is 5.32 Å². The van der Waals surface area contributed by atoms with Gasteiger partial charge in [-0.25, -0.2) is 0 Å². The van der Waals surface area contributed by atoms with E-state index in [1.807, 2.05) is 0 Å². The summed E-state index contributed by atoms with van der Waals surface area (Å²) < 4.78 is 5.08. The first-order chi connectivity index (χ1) is 9.84. The van der Waals surface area contributed by atoms with Crippen LogP contribution >= 0.6 is 0 Å². The highest BCUT2D eigenvalue weighted by Crippen LogP contribution is 2.62. The highest BCUT2D eigenvalue weighted by atomic mass is 16.5. The highest BCUT2D eigenvalue weighted by Gasteiger charge is 2.54. The molecule has 1 N–H and O–H groups in total. The van der Waals surface area contributed by atoms with Crippen molar-refractivity contribution in [1.29, 1.82) is 0 Å². The average Bonchev–Trinajstić information content (AvgIpc) is 3.18. The van der Waals surface area contributed by atoms with Gasteiger partial charge in [0.2, 0.25) is 0 Å². The van der Waals surface area contributed by atoms with Crippen molar-refractivity contribution in [2.75, 3.05) is 26.8 Å². The van der Waals surface area contributed by atoms with Gasteiger partial charge in [-0.1, -0.05) is 30.3 Å². The first-order valence-corrected chi connectivity index (χ1v) is 8.09. The SMILES string of the molecule is COCCNCC1CC12CCC(c1ccccc1)CC2. The van der Waals surface area contributed by atoms with E-state index in [1.165, 1.54) is 38.6 Å². The lowest BCUT2D eigenvalue weighted by Gasteiger charge is -2.30. The van der Waals surface area contributed by atoms with Crippen LogP contribution in [0.2, 0.25) is 0 Å². The molecular weight excluding hydrogens is 246 g/mol. The molecule has 0 heterocycles. The number of rotatable bonds is 6. The molecule has 2 saturated carbocycles. The summed E-state index contributed by atoms with van der Waals surface area (Å²) in [7, 11) is 1.77. The summed E-state index contributed by atoms with van der Waals surface area (Å²) in [5.41, 5.74) is 2.25. The second-order valence-corrected chi connectivity index (χ2v) is 6.65. The quantitative estimate of drug-likeness (QED) is 0.800. The summed E-state index contributed by atoms with van der Waals surface area (Å²) in [6, 6.07) is 11.1. The molecule has 1 atom stereocenters. The highest BCUT2D eigenvalue weighted by molar-refractivity contribution is 5.21. The normalized spacial score (nSPS) is 32.5. The van der Waals surface area contributed by atoms with E-state index in [0.29, 0.717) is 5.41 Å². The smallest absolute Gasteiger partial charge is 0.0587 e. The number of nitrogens with one attached hydrogen (secondary N) is 1. The van der Waals surface area contributed by atoms with E-state index < -0.39 is 0 Å². The third kappa shape index (κ3) is 3.07. The van der Waals surface area contributed by atoms with Crippen LogP contribution in [0.15, 0.2) is 30.3 Å². The van der Waals surface area contributed by atoms with Crippen LogP contribution in [0.1, 0.15) is 43.6 Å². The monoisotopic (exact) mass is 273 g/mol. The molecule has 2 aliphatic carbocycles. The van der Waals surface area contributed by atoms with Crippen LogP contribution in [0.5, 0.6) is 0 Å². The summed E-state index contributed by atoms with van der Waals surface area (Å²) in [6.45, 7) is 3.02. The van der Waals surface area contributed by atoms with E-state index in [1.54, 1.807) is 12.7 Å². The van der Waals surface area contributed by atoms with Gasteiger partial charge in [0.05, 0.1) is 6.61 Å². The molecule has 110 valence electrons. The Hall–Kier alpha value is -0.860. The number of hydrogen-bond acceptors (Lipinski definition) is 2. The molecular formula is C18H27NO. The zero-order valence-electron chi connectivity index (χ0n) is 12.6. The van der Waals surface area contributed by atoms with Crippen LogP contribution in [-0.2, 0) is 4.74 Å². The summed E-state index contributed by atoms with van der Waals surface area (Å²) >= 11 is 0. The summed E-state index contributed by atoms with van der Waals surface area (Å²) in [5.74, 6) is 1.74. The fraction of sp³-hybridized carbons (Fsp3) is 0.667. The number of methoxy groups -OCH3 is 1. The van der Waals surface area contributed by atoms with E-state index in [0.717, 1.165) is 25.0 Å². The molecule has 2 heteroatoms. The van der Waals surface area contributed by atoms with E-state index in [4.69, 9.17) is 4.74 Å². The third-order valence-corrected chi connectivity index (χ3v) is 5.48. The van der Waals surface area contributed by atoms with Crippen LogP contribution in [0.3, 0.4) is 0 Å². The molecule has 2 fully saturated rings. The zero-order chi connectivity index (χ0) is 13.8. The summed E-state index contributed by atoms with van der Waals surface area (Å²) in [6.07, 6.45) is 7.10. The van der Waals surface area contributed by atoms with E-state index >= 15 is 0 Å². The molecule has 2 nitrogen and oxygen atoms in total. The average molecular weight is 273 g/mol. The standard InChI is InChI=1S/C18H27NO/c1-20-12-11-19-14-17-13-18(17)9-7-16(8-10-18)15-5-3-2-4-6-15/h2-6,16-17,19H,7-14H2,1H3. The van der Waals surface area contributed by atoms with Crippen molar-refractivity contribution >= 4 is 0 Å². The van der Waals surface area contributed by atoms with Crippen LogP contribution in [0, 0.1) is 11.3 Å². The van der Waals surface area contributed by atoms with Crippen molar-refractivity contribution in [2.24, 2.45) is 11.3 Å². The maximum atomic E-state index is 5.08. The van der Waals surface area contributed by atoms with Gasteiger partial charge in [0.1, 0.15) is 0 Å². The Balaban J connectivity index is 1.43. The van der Waals surface area contributed by atoms with Crippen LogP contribution < -0.4 is 5.32 Å². The Morgan fingerprint density at radius 3 is 2.65 bits per heavy atom. The van der Waals surface area contributed by atoms with Gasteiger partial charge in [-0.2, -0.15) is 0 Å². The van der Waals surface area contributed by atoms with Gasteiger partial charge < -0.3 is 10.1 Å². The molecule has 0 radical (unpaired) electrons. The molecule has 0 saturated heterocycles. The number of ether oxygens (including phenoxy) is 1. The minimum atomic E-state index is 0.700. The Labute approximate surface area is 122 Å². The molecule has 1 spiro atoms. The lowest BCUT2D eigenvalue weighted by molar-refractivity contribution is 0.197. The Bertz CT molecular complexity index is 409. The van der Waals surface area contributed by atoms with Gasteiger partial charge in [-0.15, -0.1) is 0 Å². The van der Waals surface area contributed by atoms with Crippen LogP contribution in [0.25, 0.3) is 0 Å². The van der Waals surface area contributed by atoms with E-state index in [-0.39, 0.29) is 0 Å². The number of benzene rings is 1. The molecule has 20 heavy (non-hydrogen) atoms. The van der Waals surface area contributed by atoms with Gasteiger partial charge in [-0.05, 0) is 61.5 Å². The van der Waals surface area contributed by atoms with Gasteiger partial charge in [0.15, 0.2) is 0 Å². The van der Waals surface area contributed by atoms with Crippen molar-refractivity contribution in [3.8, 4) is 0 Å². The first kappa shape index (κ1) is 14.1. The topological polar surface area (TPSA) is 21.3 Å². The van der Waals surface area contributed by atoms with Crippen molar-refractivity contribution < 1.29 is 4.74 Å². The van der Waals surface area contributed by atoms with Crippen molar-refractivity contribution in [3.05, 3.63) is 35.9 Å². The van der Waals surface area contributed by atoms with E-state index in [2.05, 4.69) is 35.6 Å². The Morgan fingerprint density at radius 1 is 1.20 bits per heavy atom. The predicted molar refractivity (Wildman–Crippen MR) is 82.9 cm³/mol. The second-order valence-electron chi connectivity index (χ2n) is 6.65. The van der Waals surface area contributed by atoms with Crippen molar-refractivity contribution in [2.45, 2.75) is 38.0 Å². The lowest BCUT2D eigenvalue weighted by atomic mass is 9.76. The maximum absolute atomic E-state index is 5.08. The summed E-state index contributed by atoms with van der Waals surface area (Å²) in [4.78, 5) is 0. The van der Waals surface area contributed by atoms with Crippen LogP contribution in [-0.4, -0.2) is 26.8 Å². The van der Waals surface area contributed by atoms with Gasteiger partial charge >= 0.3 is 0 Å². The maximum Gasteiger partial charge on any atom is 0.0587 e. The molecule has 1 unspecified atom stereocenters. The minimum absolute atomic E-state index is 0.700. The molecule has 3 rings (SSSR count). The van der Waals surface area contributed by atoms with Gasteiger partial charge in [-0.3, -0.25) is 0 Å².